The van der Waals surface area contributed by atoms with Crippen LogP contribution < -0.4 is 10.6 Å². The van der Waals surface area contributed by atoms with Gasteiger partial charge in [0.15, 0.2) is 11.6 Å². The van der Waals surface area contributed by atoms with Crippen molar-refractivity contribution in [3.8, 4) is 0 Å². The lowest BCUT2D eigenvalue weighted by Gasteiger charge is -2.09. The summed E-state index contributed by atoms with van der Waals surface area (Å²) >= 11 is 0. The van der Waals surface area contributed by atoms with Crippen LogP contribution in [0.25, 0.3) is 22.1 Å². The topological polar surface area (TPSA) is 107 Å². The van der Waals surface area contributed by atoms with Crippen molar-refractivity contribution < 1.29 is 4.39 Å². The number of hydrogen-bond acceptors (Lipinski definition) is 6. The maximum absolute atomic E-state index is 14.2. The Morgan fingerprint density at radius 1 is 0.778 bits per heavy atom. The summed E-state index contributed by atoms with van der Waals surface area (Å²) in [7, 11) is 0. The lowest BCUT2D eigenvalue weighted by Crippen LogP contribution is -2.03. The average molecular weight is 360 g/mol. The van der Waals surface area contributed by atoms with Crippen LogP contribution in [0.4, 0.5) is 27.5 Å². The highest BCUT2D eigenvalue weighted by Crippen LogP contribution is 2.23. The zero-order valence-corrected chi connectivity index (χ0v) is 13.9. The molecule has 9 heteroatoms. The van der Waals surface area contributed by atoms with Gasteiger partial charge in [0, 0.05) is 11.4 Å². The van der Waals surface area contributed by atoms with Crippen molar-refractivity contribution in [1.82, 2.24) is 29.9 Å². The van der Waals surface area contributed by atoms with Crippen LogP contribution in [0.3, 0.4) is 0 Å². The van der Waals surface area contributed by atoms with E-state index in [9.17, 15) is 4.39 Å². The van der Waals surface area contributed by atoms with Gasteiger partial charge in [-0.2, -0.15) is 4.98 Å². The molecule has 0 aliphatic heterocycles. The zero-order chi connectivity index (χ0) is 18.2. The summed E-state index contributed by atoms with van der Waals surface area (Å²) in [6.45, 7) is 0. The lowest BCUT2D eigenvalue weighted by molar-refractivity contribution is 0.619. The highest BCUT2D eigenvalue weighted by molar-refractivity contribution is 5.81. The number of aromatic amines is 2. The van der Waals surface area contributed by atoms with Gasteiger partial charge in [-0.05, 0) is 36.4 Å². The van der Waals surface area contributed by atoms with E-state index < -0.39 is 5.82 Å². The Kier molecular flexibility index (Phi) is 3.42. The van der Waals surface area contributed by atoms with E-state index in [1.54, 1.807) is 12.7 Å². The predicted molar refractivity (Wildman–Crippen MR) is 101 cm³/mol. The molecule has 0 unspecified atom stereocenters. The van der Waals surface area contributed by atoms with Crippen molar-refractivity contribution in [2.45, 2.75) is 0 Å². The number of nitrogens with one attached hydrogen (secondary N) is 4. The van der Waals surface area contributed by atoms with E-state index in [1.165, 1.54) is 0 Å². The molecule has 0 saturated heterocycles. The van der Waals surface area contributed by atoms with E-state index in [1.807, 2.05) is 36.4 Å². The first kappa shape index (κ1) is 15.3. The third-order valence-electron chi connectivity index (χ3n) is 4.10. The maximum Gasteiger partial charge on any atom is 0.229 e. The SMILES string of the molecule is Fc1cnc(Nc2ccc3nc[nH]c3c2)nc1Nc1ccc2nc[nH]c2c1. The van der Waals surface area contributed by atoms with Crippen LogP contribution >= 0.6 is 0 Å². The molecule has 5 rings (SSSR count). The van der Waals surface area contributed by atoms with Gasteiger partial charge in [0.25, 0.3) is 0 Å². The molecule has 0 atom stereocenters. The van der Waals surface area contributed by atoms with Crippen LogP contribution in [0.1, 0.15) is 0 Å². The van der Waals surface area contributed by atoms with Gasteiger partial charge in [-0.15, -0.1) is 0 Å². The van der Waals surface area contributed by atoms with Gasteiger partial charge >= 0.3 is 0 Å². The van der Waals surface area contributed by atoms with Crippen LogP contribution in [0, 0.1) is 5.82 Å². The van der Waals surface area contributed by atoms with Crippen molar-refractivity contribution in [1.29, 1.82) is 0 Å². The van der Waals surface area contributed by atoms with E-state index in [-0.39, 0.29) is 11.8 Å². The average Bonchev–Trinajstić information content (AvgIpc) is 3.32. The normalized spacial score (nSPS) is 11.1. The molecule has 27 heavy (non-hydrogen) atoms. The molecule has 5 aromatic rings. The molecule has 0 radical (unpaired) electrons. The van der Waals surface area contributed by atoms with E-state index in [0.29, 0.717) is 5.69 Å². The van der Waals surface area contributed by atoms with Crippen LogP contribution in [-0.2, 0) is 0 Å². The summed E-state index contributed by atoms with van der Waals surface area (Å²) in [5.74, 6) is -0.191. The summed E-state index contributed by atoms with van der Waals surface area (Å²) in [5.41, 5.74) is 4.88. The second-order valence-corrected chi connectivity index (χ2v) is 5.91. The molecule has 0 aliphatic carbocycles. The minimum absolute atomic E-state index is 0.0778. The second kappa shape index (κ2) is 6.06. The lowest BCUT2D eigenvalue weighted by atomic mass is 10.2. The first-order chi connectivity index (χ1) is 13.2. The number of rotatable bonds is 4. The Morgan fingerprint density at radius 3 is 2.07 bits per heavy atom. The fourth-order valence-electron chi connectivity index (χ4n) is 2.81. The Hall–Kier alpha value is -4.01. The number of hydrogen-bond donors (Lipinski definition) is 4. The molecule has 3 heterocycles. The van der Waals surface area contributed by atoms with E-state index in [0.717, 1.165) is 34.0 Å². The Labute approximate surface area is 151 Å². The van der Waals surface area contributed by atoms with Crippen molar-refractivity contribution in [3.05, 3.63) is 61.1 Å². The van der Waals surface area contributed by atoms with Gasteiger partial charge < -0.3 is 20.6 Å². The first-order valence-electron chi connectivity index (χ1n) is 8.17. The molecule has 0 bridgehead atoms. The standard InChI is InChI=1S/C18H13FN8/c19-12-7-20-18(26-11-2-4-14-16(6-11)24-9-22-14)27-17(12)25-10-1-3-13-15(5-10)23-8-21-13/h1-9H,(H,21,23)(H,22,24)(H2,20,25,26,27). The number of benzene rings is 2. The van der Waals surface area contributed by atoms with Crippen molar-refractivity contribution in [3.63, 3.8) is 0 Å². The summed E-state index contributed by atoms with van der Waals surface area (Å²) in [6, 6.07) is 11.1. The zero-order valence-electron chi connectivity index (χ0n) is 13.9. The first-order valence-corrected chi connectivity index (χ1v) is 8.17. The Morgan fingerprint density at radius 2 is 1.41 bits per heavy atom. The van der Waals surface area contributed by atoms with Crippen LogP contribution in [0.2, 0.25) is 0 Å². The number of H-pyrrole nitrogens is 2. The molecule has 132 valence electrons. The number of aromatic nitrogens is 6. The molecule has 0 amide bonds. The summed E-state index contributed by atoms with van der Waals surface area (Å²) in [6.07, 6.45) is 4.36. The largest absolute Gasteiger partial charge is 0.345 e. The second-order valence-electron chi connectivity index (χ2n) is 5.91. The van der Waals surface area contributed by atoms with Crippen LogP contribution in [0.5, 0.6) is 0 Å². The third-order valence-corrected chi connectivity index (χ3v) is 4.10. The number of imidazole rings is 2. The fourth-order valence-corrected chi connectivity index (χ4v) is 2.81. The van der Waals surface area contributed by atoms with Gasteiger partial charge in [-0.1, -0.05) is 0 Å². The number of fused-ring (bicyclic) bond motifs is 2. The summed E-state index contributed by atoms with van der Waals surface area (Å²) in [4.78, 5) is 22.6. The molecular weight excluding hydrogens is 347 g/mol. The monoisotopic (exact) mass is 360 g/mol. The number of nitrogens with zero attached hydrogens (tertiary/aromatic N) is 4. The molecule has 0 spiro atoms. The molecule has 0 aliphatic rings. The van der Waals surface area contributed by atoms with Crippen LogP contribution in [-0.4, -0.2) is 29.9 Å². The smallest absolute Gasteiger partial charge is 0.229 e. The highest BCUT2D eigenvalue weighted by Gasteiger charge is 2.09. The number of halogens is 1. The van der Waals surface area contributed by atoms with Crippen LogP contribution in [0.15, 0.2) is 55.2 Å². The molecular formula is C18H13FN8. The van der Waals surface area contributed by atoms with Crippen molar-refractivity contribution in [2.75, 3.05) is 10.6 Å². The van der Waals surface area contributed by atoms with Gasteiger partial charge in [0.05, 0.1) is 40.9 Å². The van der Waals surface area contributed by atoms with E-state index >= 15 is 0 Å². The minimum atomic E-state index is -0.547. The molecule has 3 aromatic heterocycles. The van der Waals surface area contributed by atoms with Gasteiger partial charge in [0.1, 0.15) is 0 Å². The quantitative estimate of drug-likeness (QED) is 0.388. The van der Waals surface area contributed by atoms with Gasteiger partial charge in [0.2, 0.25) is 5.95 Å². The molecule has 0 fully saturated rings. The molecule has 8 nitrogen and oxygen atoms in total. The molecule has 0 saturated carbocycles. The van der Waals surface area contributed by atoms with Gasteiger partial charge in [-0.25, -0.2) is 19.3 Å². The van der Waals surface area contributed by atoms with Crippen molar-refractivity contribution in [2.24, 2.45) is 0 Å². The van der Waals surface area contributed by atoms with E-state index in [2.05, 4.69) is 40.5 Å². The summed E-state index contributed by atoms with van der Waals surface area (Å²) in [5, 5.41) is 6.05. The number of anilines is 4. The highest BCUT2D eigenvalue weighted by atomic mass is 19.1. The van der Waals surface area contributed by atoms with E-state index in [4.69, 9.17) is 0 Å². The molecule has 2 aromatic carbocycles. The predicted octanol–water partition coefficient (Wildman–Crippen LogP) is 3.86. The maximum atomic E-state index is 14.2. The van der Waals surface area contributed by atoms with Gasteiger partial charge in [-0.3, -0.25) is 0 Å². The Balaban J connectivity index is 1.42. The minimum Gasteiger partial charge on any atom is -0.345 e. The third kappa shape index (κ3) is 2.91. The van der Waals surface area contributed by atoms with Crippen molar-refractivity contribution >= 4 is 45.2 Å². The summed E-state index contributed by atoms with van der Waals surface area (Å²) < 4.78 is 14.2. The Bertz CT molecular complexity index is 1260. The molecule has 4 N–H and O–H groups in total. The fraction of sp³-hybridized carbons (Fsp3) is 0.